The van der Waals surface area contributed by atoms with E-state index in [0.717, 1.165) is 28.3 Å². The van der Waals surface area contributed by atoms with Gasteiger partial charge in [-0.1, -0.05) is 62.7 Å². The van der Waals surface area contributed by atoms with Crippen LogP contribution in [-0.2, 0) is 26.2 Å². The molecule has 0 aliphatic heterocycles. The van der Waals surface area contributed by atoms with Crippen LogP contribution in [0.3, 0.4) is 0 Å². The number of rotatable bonds is 15. The molecule has 0 aliphatic rings. The van der Waals surface area contributed by atoms with Crippen molar-refractivity contribution in [2.24, 2.45) is 0 Å². The number of benzene rings is 3. The van der Waals surface area contributed by atoms with E-state index in [1.807, 2.05) is 45.0 Å². The number of nitrogens with zero attached hydrogens (tertiary/aromatic N) is 2. The van der Waals surface area contributed by atoms with Crippen molar-refractivity contribution >= 4 is 27.5 Å². The molecule has 42 heavy (non-hydrogen) atoms. The van der Waals surface area contributed by atoms with E-state index in [0.29, 0.717) is 24.5 Å². The van der Waals surface area contributed by atoms with Crippen molar-refractivity contribution in [1.82, 2.24) is 10.2 Å². The van der Waals surface area contributed by atoms with Crippen LogP contribution >= 0.6 is 0 Å². The van der Waals surface area contributed by atoms with Gasteiger partial charge >= 0.3 is 0 Å². The van der Waals surface area contributed by atoms with Gasteiger partial charge in [-0.25, -0.2) is 8.42 Å². The maximum atomic E-state index is 14.2. The molecule has 0 spiro atoms. The van der Waals surface area contributed by atoms with Crippen LogP contribution in [0.15, 0.2) is 77.7 Å². The standard InChI is InChI=1S/C32H41N3O6S/c1-6-8-20-33-32(37)28(7-2)34(22-25-15-13-12-14-24(25)3)31(36)23-35(42(38,39)27-16-10-9-11-17-27)26-18-19-29(40-4)30(21-26)41-5/h9-19,21,28H,6-8,20,22-23H2,1-5H3,(H,33,37)/t28-/m1/s1. The monoisotopic (exact) mass is 595 g/mol. The average Bonchev–Trinajstić information content (AvgIpc) is 3.00. The molecule has 3 aromatic carbocycles. The van der Waals surface area contributed by atoms with Gasteiger partial charge in [-0.2, -0.15) is 0 Å². The number of hydrogen-bond acceptors (Lipinski definition) is 6. The van der Waals surface area contributed by atoms with Gasteiger partial charge in [-0.15, -0.1) is 0 Å². The number of carbonyl (C=O) groups excluding carboxylic acids is 2. The van der Waals surface area contributed by atoms with Crippen molar-refractivity contribution in [2.75, 3.05) is 31.6 Å². The van der Waals surface area contributed by atoms with Crippen molar-refractivity contribution in [3.63, 3.8) is 0 Å². The summed E-state index contributed by atoms with van der Waals surface area (Å²) in [7, 11) is -1.25. The molecule has 0 fully saturated rings. The summed E-state index contributed by atoms with van der Waals surface area (Å²) in [6, 6.07) is 19.4. The minimum Gasteiger partial charge on any atom is -0.493 e. The second-order valence-corrected chi connectivity index (χ2v) is 11.7. The van der Waals surface area contributed by atoms with Crippen molar-refractivity contribution in [3.05, 3.63) is 83.9 Å². The number of ether oxygens (including phenoxy) is 2. The Morgan fingerprint density at radius 3 is 2.19 bits per heavy atom. The van der Waals surface area contributed by atoms with E-state index >= 15 is 0 Å². The van der Waals surface area contributed by atoms with E-state index in [9.17, 15) is 18.0 Å². The summed E-state index contributed by atoms with van der Waals surface area (Å²) in [5.74, 6) is -0.0451. The molecular formula is C32H41N3O6S. The number of unbranched alkanes of at least 4 members (excludes halogenated alkanes) is 1. The normalized spacial score (nSPS) is 11.8. The second-order valence-electron chi connectivity index (χ2n) is 9.88. The van der Waals surface area contributed by atoms with Gasteiger partial charge in [-0.05, 0) is 55.2 Å². The number of methoxy groups -OCH3 is 2. The number of carbonyl (C=O) groups is 2. The van der Waals surface area contributed by atoms with Gasteiger partial charge in [0.1, 0.15) is 12.6 Å². The molecule has 9 nitrogen and oxygen atoms in total. The average molecular weight is 596 g/mol. The Labute approximate surface area is 249 Å². The van der Waals surface area contributed by atoms with E-state index < -0.39 is 28.5 Å². The van der Waals surface area contributed by atoms with Gasteiger partial charge < -0.3 is 19.7 Å². The molecule has 0 unspecified atom stereocenters. The summed E-state index contributed by atoms with van der Waals surface area (Å²) in [5.41, 5.74) is 2.06. The molecule has 10 heteroatoms. The predicted octanol–water partition coefficient (Wildman–Crippen LogP) is 4.93. The maximum Gasteiger partial charge on any atom is 0.264 e. The summed E-state index contributed by atoms with van der Waals surface area (Å²) >= 11 is 0. The fourth-order valence-electron chi connectivity index (χ4n) is 4.63. The van der Waals surface area contributed by atoms with Crippen LogP contribution < -0.4 is 19.1 Å². The lowest BCUT2D eigenvalue weighted by molar-refractivity contribution is -0.140. The smallest absolute Gasteiger partial charge is 0.264 e. The SMILES string of the molecule is CCCCNC(=O)[C@@H](CC)N(Cc1ccccc1C)C(=O)CN(c1ccc(OC)c(OC)c1)S(=O)(=O)c1ccccc1. The van der Waals surface area contributed by atoms with Crippen molar-refractivity contribution in [2.45, 2.75) is 57.5 Å². The number of amides is 2. The molecule has 0 aromatic heterocycles. The Kier molecular flexibility index (Phi) is 11.8. The summed E-state index contributed by atoms with van der Waals surface area (Å²) in [6.45, 7) is 5.94. The van der Waals surface area contributed by atoms with Crippen LogP contribution in [0.25, 0.3) is 0 Å². The Balaban J connectivity index is 2.09. The van der Waals surface area contributed by atoms with Crippen LogP contribution in [0.1, 0.15) is 44.2 Å². The Hall–Kier alpha value is -4.05. The summed E-state index contributed by atoms with van der Waals surface area (Å²) in [6.07, 6.45) is 2.09. The molecule has 3 rings (SSSR count). The lowest BCUT2D eigenvalue weighted by atomic mass is 10.1. The van der Waals surface area contributed by atoms with Crippen LogP contribution in [0.5, 0.6) is 11.5 Å². The first-order chi connectivity index (χ1) is 20.2. The first kappa shape index (κ1) is 32.5. The van der Waals surface area contributed by atoms with Gasteiger partial charge in [0.15, 0.2) is 11.5 Å². The third-order valence-corrected chi connectivity index (χ3v) is 8.87. The molecule has 0 bridgehead atoms. The van der Waals surface area contributed by atoms with E-state index in [2.05, 4.69) is 5.32 Å². The number of sulfonamides is 1. The molecule has 0 saturated heterocycles. The van der Waals surface area contributed by atoms with Crippen molar-refractivity contribution in [3.8, 4) is 11.5 Å². The van der Waals surface area contributed by atoms with Crippen LogP contribution in [-0.4, -0.2) is 58.5 Å². The minimum absolute atomic E-state index is 0.0300. The second kappa shape index (κ2) is 15.3. The van der Waals surface area contributed by atoms with E-state index in [1.54, 1.807) is 30.3 Å². The maximum absolute atomic E-state index is 14.2. The molecule has 1 atom stereocenters. The lowest BCUT2D eigenvalue weighted by Crippen LogP contribution is -2.52. The Morgan fingerprint density at radius 2 is 1.57 bits per heavy atom. The minimum atomic E-state index is -4.19. The van der Waals surface area contributed by atoms with E-state index in [4.69, 9.17) is 9.47 Å². The topological polar surface area (TPSA) is 105 Å². The molecule has 0 radical (unpaired) electrons. The fraction of sp³-hybridized carbons (Fsp3) is 0.375. The van der Waals surface area contributed by atoms with E-state index in [-0.39, 0.29) is 23.0 Å². The quantitative estimate of drug-likeness (QED) is 0.250. The number of hydrogen-bond donors (Lipinski definition) is 1. The van der Waals surface area contributed by atoms with Gasteiger partial charge in [-0.3, -0.25) is 13.9 Å². The first-order valence-corrected chi connectivity index (χ1v) is 15.5. The zero-order chi connectivity index (χ0) is 30.7. The highest BCUT2D eigenvalue weighted by Crippen LogP contribution is 2.34. The molecule has 1 N–H and O–H groups in total. The van der Waals surface area contributed by atoms with Crippen molar-refractivity contribution < 1.29 is 27.5 Å². The van der Waals surface area contributed by atoms with Gasteiger partial charge in [0, 0.05) is 19.2 Å². The highest BCUT2D eigenvalue weighted by molar-refractivity contribution is 7.92. The van der Waals surface area contributed by atoms with Gasteiger partial charge in [0.2, 0.25) is 11.8 Å². The molecular weight excluding hydrogens is 554 g/mol. The largest absolute Gasteiger partial charge is 0.493 e. The zero-order valence-electron chi connectivity index (χ0n) is 25.0. The molecule has 226 valence electrons. The van der Waals surface area contributed by atoms with Gasteiger partial charge in [0.25, 0.3) is 10.0 Å². The molecule has 3 aromatic rings. The predicted molar refractivity (Wildman–Crippen MR) is 164 cm³/mol. The highest BCUT2D eigenvalue weighted by atomic mass is 32.2. The van der Waals surface area contributed by atoms with Crippen LogP contribution in [0.4, 0.5) is 5.69 Å². The summed E-state index contributed by atoms with van der Waals surface area (Å²) in [4.78, 5) is 29.1. The summed E-state index contributed by atoms with van der Waals surface area (Å²) < 4.78 is 39.8. The Morgan fingerprint density at radius 1 is 0.905 bits per heavy atom. The molecule has 0 saturated carbocycles. The zero-order valence-corrected chi connectivity index (χ0v) is 25.8. The number of nitrogens with one attached hydrogen (secondary N) is 1. The fourth-order valence-corrected chi connectivity index (χ4v) is 6.05. The van der Waals surface area contributed by atoms with Crippen molar-refractivity contribution in [1.29, 1.82) is 0 Å². The number of anilines is 1. The Bertz CT molecular complexity index is 1450. The molecule has 2 amide bonds. The number of aryl methyl sites for hydroxylation is 1. The third-order valence-electron chi connectivity index (χ3n) is 7.08. The van der Waals surface area contributed by atoms with Gasteiger partial charge in [0.05, 0.1) is 24.8 Å². The van der Waals surface area contributed by atoms with Crippen LogP contribution in [0.2, 0.25) is 0 Å². The summed E-state index contributed by atoms with van der Waals surface area (Å²) in [5, 5.41) is 2.94. The van der Waals surface area contributed by atoms with Crippen LogP contribution in [0, 0.1) is 6.92 Å². The highest BCUT2D eigenvalue weighted by Gasteiger charge is 2.34. The lowest BCUT2D eigenvalue weighted by Gasteiger charge is -2.33. The van der Waals surface area contributed by atoms with E-state index in [1.165, 1.54) is 37.3 Å². The molecule has 0 aliphatic carbocycles. The first-order valence-electron chi connectivity index (χ1n) is 14.1. The third kappa shape index (κ3) is 7.82. The molecule has 0 heterocycles.